The third-order valence-corrected chi connectivity index (χ3v) is 4.31. The molecule has 0 spiro atoms. The van der Waals surface area contributed by atoms with Crippen molar-refractivity contribution in [2.75, 3.05) is 5.32 Å². The van der Waals surface area contributed by atoms with Crippen LogP contribution >= 0.6 is 23.5 Å². The van der Waals surface area contributed by atoms with E-state index >= 15 is 0 Å². The molecule has 1 amide bonds. The Balaban J connectivity index is 1.80. The third-order valence-electron chi connectivity index (χ3n) is 3.35. The number of halogens is 1. The van der Waals surface area contributed by atoms with Gasteiger partial charge in [0.15, 0.2) is 0 Å². The summed E-state index contributed by atoms with van der Waals surface area (Å²) in [7, 11) is 0. The van der Waals surface area contributed by atoms with Gasteiger partial charge in [0.25, 0.3) is 0 Å². The number of aromatic amines is 1. The van der Waals surface area contributed by atoms with Crippen LogP contribution in [0.25, 0.3) is 10.9 Å². The zero-order valence-electron chi connectivity index (χ0n) is 11.6. The van der Waals surface area contributed by atoms with Crippen LogP contribution in [-0.4, -0.2) is 10.9 Å². The molecule has 0 fully saturated rings. The zero-order chi connectivity index (χ0) is 15.5. The molecule has 6 heteroatoms. The molecule has 22 heavy (non-hydrogen) atoms. The van der Waals surface area contributed by atoms with E-state index in [-0.39, 0.29) is 12.3 Å². The number of H-pyrrole nitrogens is 1. The van der Waals surface area contributed by atoms with Crippen molar-refractivity contribution in [3.8, 4) is 0 Å². The Bertz CT molecular complexity index is 831. The molecule has 3 rings (SSSR count). The highest BCUT2D eigenvalue weighted by atomic mass is 35.5. The molecule has 2 aromatic carbocycles. The Morgan fingerprint density at radius 1 is 1.27 bits per heavy atom. The van der Waals surface area contributed by atoms with Gasteiger partial charge in [-0.1, -0.05) is 29.8 Å². The van der Waals surface area contributed by atoms with Gasteiger partial charge in [0.2, 0.25) is 5.91 Å². The average molecular weight is 332 g/mol. The molecule has 0 aliphatic heterocycles. The van der Waals surface area contributed by atoms with E-state index in [0.29, 0.717) is 10.7 Å². The van der Waals surface area contributed by atoms with Gasteiger partial charge < -0.3 is 10.3 Å². The summed E-state index contributed by atoms with van der Waals surface area (Å²) in [4.78, 5) is 16.2. The number of amides is 1. The van der Waals surface area contributed by atoms with Gasteiger partial charge in [-0.15, -0.1) is 0 Å². The van der Waals surface area contributed by atoms with Crippen LogP contribution in [0.15, 0.2) is 53.6 Å². The lowest BCUT2D eigenvalue weighted by Crippen LogP contribution is -2.14. The summed E-state index contributed by atoms with van der Waals surface area (Å²) in [5.41, 5.74) is 2.44. The van der Waals surface area contributed by atoms with Crippen LogP contribution in [-0.2, 0) is 11.2 Å². The Hall–Kier alpha value is -1.95. The predicted molar refractivity (Wildman–Crippen MR) is 92.1 cm³/mol. The first-order valence-corrected chi connectivity index (χ1v) is 7.94. The summed E-state index contributed by atoms with van der Waals surface area (Å²) >= 11 is 7.24. The SMILES string of the molecule is NSc1cc(NC(=O)Cc2ccccc2Cl)cc2[nH]ccc12. The summed E-state index contributed by atoms with van der Waals surface area (Å²) in [5, 5.41) is 10.2. The minimum Gasteiger partial charge on any atom is -0.361 e. The van der Waals surface area contributed by atoms with Gasteiger partial charge in [-0.3, -0.25) is 9.93 Å². The molecule has 0 bridgehead atoms. The Kier molecular flexibility index (Phi) is 4.38. The normalized spacial score (nSPS) is 10.8. The third kappa shape index (κ3) is 3.11. The number of hydrogen-bond acceptors (Lipinski definition) is 3. The van der Waals surface area contributed by atoms with Gasteiger partial charge in [-0.25, -0.2) is 0 Å². The van der Waals surface area contributed by atoms with E-state index < -0.39 is 0 Å². The fourth-order valence-electron chi connectivity index (χ4n) is 2.32. The maximum Gasteiger partial charge on any atom is 0.228 e. The summed E-state index contributed by atoms with van der Waals surface area (Å²) < 4.78 is 0. The maximum atomic E-state index is 12.2. The molecule has 0 aliphatic rings. The topological polar surface area (TPSA) is 70.9 Å². The number of rotatable bonds is 4. The van der Waals surface area contributed by atoms with Crippen LogP contribution in [0, 0.1) is 0 Å². The molecule has 112 valence electrons. The monoisotopic (exact) mass is 331 g/mol. The lowest BCUT2D eigenvalue weighted by molar-refractivity contribution is -0.115. The van der Waals surface area contributed by atoms with Crippen molar-refractivity contribution in [1.82, 2.24) is 4.98 Å². The molecule has 0 radical (unpaired) electrons. The molecule has 0 aliphatic carbocycles. The Morgan fingerprint density at radius 2 is 2.09 bits per heavy atom. The van der Waals surface area contributed by atoms with Gasteiger partial charge >= 0.3 is 0 Å². The number of nitrogens with two attached hydrogens (primary N) is 1. The van der Waals surface area contributed by atoms with Crippen LogP contribution in [0.2, 0.25) is 5.02 Å². The highest BCUT2D eigenvalue weighted by Crippen LogP contribution is 2.28. The molecule has 1 heterocycles. The molecule has 0 saturated carbocycles. The highest BCUT2D eigenvalue weighted by Gasteiger charge is 2.10. The van der Waals surface area contributed by atoms with E-state index in [0.717, 1.165) is 33.3 Å². The van der Waals surface area contributed by atoms with Crippen molar-refractivity contribution >= 4 is 46.0 Å². The van der Waals surface area contributed by atoms with Crippen molar-refractivity contribution in [2.24, 2.45) is 5.14 Å². The molecule has 3 aromatic rings. The predicted octanol–water partition coefficient (Wildman–Crippen LogP) is 3.97. The first-order chi connectivity index (χ1) is 10.7. The number of aromatic nitrogens is 1. The second kappa shape index (κ2) is 6.44. The molecule has 4 nitrogen and oxygen atoms in total. The van der Waals surface area contributed by atoms with E-state index in [4.69, 9.17) is 16.7 Å². The number of benzene rings is 2. The van der Waals surface area contributed by atoms with E-state index in [1.165, 1.54) is 0 Å². The smallest absolute Gasteiger partial charge is 0.228 e. The molecule has 0 saturated heterocycles. The van der Waals surface area contributed by atoms with Crippen molar-refractivity contribution in [2.45, 2.75) is 11.3 Å². The van der Waals surface area contributed by atoms with Crippen molar-refractivity contribution in [1.29, 1.82) is 0 Å². The second-order valence-electron chi connectivity index (χ2n) is 4.85. The lowest BCUT2D eigenvalue weighted by Gasteiger charge is -2.09. The number of carbonyl (C=O) groups is 1. The highest BCUT2D eigenvalue weighted by molar-refractivity contribution is 7.97. The first-order valence-electron chi connectivity index (χ1n) is 6.68. The van der Waals surface area contributed by atoms with E-state index in [1.54, 1.807) is 6.07 Å². The van der Waals surface area contributed by atoms with E-state index in [1.807, 2.05) is 42.6 Å². The largest absolute Gasteiger partial charge is 0.361 e. The second-order valence-corrected chi connectivity index (χ2v) is 5.93. The number of nitrogens with one attached hydrogen (secondary N) is 2. The van der Waals surface area contributed by atoms with Crippen molar-refractivity contribution in [3.63, 3.8) is 0 Å². The molecule has 0 atom stereocenters. The fourth-order valence-corrected chi connectivity index (χ4v) is 3.02. The number of anilines is 1. The van der Waals surface area contributed by atoms with Crippen LogP contribution in [0.3, 0.4) is 0 Å². The summed E-state index contributed by atoms with van der Waals surface area (Å²) in [6, 6.07) is 13.0. The zero-order valence-corrected chi connectivity index (χ0v) is 13.2. The summed E-state index contributed by atoms with van der Waals surface area (Å²) in [6.45, 7) is 0. The quantitative estimate of drug-likeness (QED) is 0.633. The van der Waals surface area contributed by atoms with Gasteiger partial charge in [0, 0.05) is 32.7 Å². The molecule has 1 aromatic heterocycles. The standard InChI is InChI=1S/C16H14ClN3OS/c17-13-4-2-1-3-10(13)7-16(21)20-11-8-14-12(5-6-19-14)15(9-11)22-18/h1-6,8-9,19H,7,18H2,(H,20,21). The van der Waals surface area contributed by atoms with E-state index in [9.17, 15) is 4.79 Å². The minimum atomic E-state index is -0.119. The average Bonchev–Trinajstić information content (AvgIpc) is 2.97. The minimum absolute atomic E-state index is 0.119. The molecule has 0 unspecified atom stereocenters. The lowest BCUT2D eigenvalue weighted by atomic mass is 10.1. The summed E-state index contributed by atoms with van der Waals surface area (Å²) in [6.07, 6.45) is 2.08. The van der Waals surface area contributed by atoms with E-state index in [2.05, 4.69) is 10.3 Å². The van der Waals surface area contributed by atoms with Gasteiger partial charge in [-0.05, 0) is 41.8 Å². The van der Waals surface area contributed by atoms with Crippen LogP contribution < -0.4 is 10.5 Å². The first kappa shape index (κ1) is 15.0. The van der Waals surface area contributed by atoms with Crippen LogP contribution in [0.5, 0.6) is 0 Å². The molecule has 4 N–H and O–H groups in total. The van der Waals surface area contributed by atoms with Crippen LogP contribution in [0.4, 0.5) is 5.69 Å². The Morgan fingerprint density at radius 3 is 2.86 bits per heavy atom. The molecular formula is C16H14ClN3OS. The maximum absolute atomic E-state index is 12.2. The van der Waals surface area contributed by atoms with Gasteiger partial charge in [0.05, 0.1) is 6.42 Å². The summed E-state index contributed by atoms with van der Waals surface area (Å²) in [5.74, 6) is -0.119. The van der Waals surface area contributed by atoms with Gasteiger partial charge in [0.1, 0.15) is 0 Å². The molecular weight excluding hydrogens is 318 g/mol. The number of carbonyl (C=O) groups excluding carboxylic acids is 1. The number of hydrogen-bond donors (Lipinski definition) is 3. The van der Waals surface area contributed by atoms with Crippen molar-refractivity contribution < 1.29 is 4.79 Å². The number of fused-ring (bicyclic) bond motifs is 1. The Labute approximate surface area is 137 Å². The van der Waals surface area contributed by atoms with Gasteiger partial charge in [-0.2, -0.15) is 0 Å². The fraction of sp³-hybridized carbons (Fsp3) is 0.0625. The van der Waals surface area contributed by atoms with Crippen LogP contribution in [0.1, 0.15) is 5.56 Å². The van der Waals surface area contributed by atoms with Crippen molar-refractivity contribution in [3.05, 3.63) is 59.2 Å².